The van der Waals surface area contributed by atoms with Gasteiger partial charge in [-0.1, -0.05) is 13.8 Å². The number of nitrogens with one attached hydrogen (secondary N) is 1. The topological polar surface area (TPSA) is 63.8 Å². The molecule has 1 heterocycles. The summed E-state index contributed by atoms with van der Waals surface area (Å²) in [6, 6.07) is 1.47. The molecule has 1 fully saturated rings. The summed E-state index contributed by atoms with van der Waals surface area (Å²) in [5.74, 6) is -0.173. The van der Waals surface area contributed by atoms with Crippen molar-refractivity contribution in [1.29, 1.82) is 0 Å². The van der Waals surface area contributed by atoms with Gasteiger partial charge in [0.15, 0.2) is 0 Å². The largest absolute Gasteiger partial charge is 0.451 e. The Bertz CT molecular complexity index is 475. The molecule has 0 spiro atoms. The number of rotatable bonds is 2. The Morgan fingerprint density at radius 2 is 1.95 bits per heavy atom. The Balaban J connectivity index is 2.15. The normalized spacial score (nSPS) is 27.4. The molecular weight excluding hydrogens is 269 g/mol. The van der Waals surface area contributed by atoms with E-state index in [9.17, 15) is 13.2 Å². The fraction of sp³-hybridized carbons (Fsp3) is 0.692. The van der Waals surface area contributed by atoms with E-state index >= 15 is 0 Å². The first-order valence-corrected chi connectivity index (χ1v) is 6.74. The first-order valence-electron chi connectivity index (χ1n) is 6.74. The van der Waals surface area contributed by atoms with Crippen LogP contribution in [0.5, 0.6) is 0 Å². The fourth-order valence-electron chi connectivity index (χ4n) is 2.74. The maximum atomic E-state index is 12.6. The van der Waals surface area contributed by atoms with Crippen molar-refractivity contribution in [2.75, 3.05) is 11.1 Å². The maximum absolute atomic E-state index is 12.6. The fourth-order valence-corrected chi connectivity index (χ4v) is 2.74. The van der Waals surface area contributed by atoms with Gasteiger partial charge >= 0.3 is 6.18 Å². The van der Waals surface area contributed by atoms with E-state index in [-0.39, 0.29) is 17.7 Å². The van der Waals surface area contributed by atoms with Gasteiger partial charge in [0.25, 0.3) is 0 Å². The summed E-state index contributed by atoms with van der Waals surface area (Å²) in [6.07, 6.45) is -1.54. The molecule has 1 saturated carbocycles. The van der Waals surface area contributed by atoms with Gasteiger partial charge in [-0.25, -0.2) is 9.97 Å². The van der Waals surface area contributed by atoms with Crippen LogP contribution in [0.15, 0.2) is 6.07 Å². The lowest BCUT2D eigenvalue weighted by atomic mass is 9.80. The van der Waals surface area contributed by atoms with Gasteiger partial charge in [0.05, 0.1) is 0 Å². The third kappa shape index (κ3) is 3.52. The van der Waals surface area contributed by atoms with E-state index in [1.165, 1.54) is 6.07 Å². The van der Waals surface area contributed by atoms with Crippen LogP contribution in [0.25, 0.3) is 0 Å². The summed E-state index contributed by atoms with van der Waals surface area (Å²) in [5, 5.41) is 3.07. The molecule has 2 rings (SSSR count). The van der Waals surface area contributed by atoms with E-state index in [1.54, 1.807) is 0 Å². The molecule has 4 nitrogen and oxygen atoms in total. The van der Waals surface area contributed by atoms with E-state index in [1.807, 2.05) is 0 Å². The Morgan fingerprint density at radius 3 is 2.55 bits per heavy atom. The van der Waals surface area contributed by atoms with Gasteiger partial charge in [-0.15, -0.1) is 0 Å². The van der Waals surface area contributed by atoms with Crippen LogP contribution in [0.4, 0.5) is 24.8 Å². The summed E-state index contributed by atoms with van der Waals surface area (Å²) in [5.41, 5.74) is 5.43. The molecule has 0 aliphatic heterocycles. The van der Waals surface area contributed by atoms with Gasteiger partial charge in [-0.2, -0.15) is 13.2 Å². The number of hydrogen-bond acceptors (Lipinski definition) is 4. The average molecular weight is 288 g/mol. The van der Waals surface area contributed by atoms with E-state index in [4.69, 9.17) is 5.73 Å². The van der Waals surface area contributed by atoms with Gasteiger partial charge in [-0.3, -0.25) is 0 Å². The Labute approximate surface area is 116 Å². The Morgan fingerprint density at radius 1 is 1.25 bits per heavy atom. The first kappa shape index (κ1) is 14.9. The predicted molar refractivity (Wildman–Crippen MR) is 71.0 cm³/mol. The lowest BCUT2D eigenvalue weighted by molar-refractivity contribution is -0.144. The molecule has 1 aliphatic rings. The Hall–Kier alpha value is -1.53. The molecule has 0 aromatic carbocycles. The van der Waals surface area contributed by atoms with E-state index in [2.05, 4.69) is 29.1 Å². The molecule has 0 bridgehead atoms. The van der Waals surface area contributed by atoms with Gasteiger partial charge < -0.3 is 11.1 Å². The highest BCUT2D eigenvalue weighted by atomic mass is 19.4. The van der Waals surface area contributed by atoms with Gasteiger partial charge in [0, 0.05) is 12.1 Å². The number of anilines is 2. The van der Waals surface area contributed by atoms with Crippen LogP contribution in [0.2, 0.25) is 0 Å². The van der Waals surface area contributed by atoms with Crippen molar-refractivity contribution in [3.8, 4) is 0 Å². The highest BCUT2D eigenvalue weighted by molar-refractivity contribution is 5.45. The van der Waals surface area contributed by atoms with Gasteiger partial charge in [-0.05, 0) is 31.1 Å². The smallest absolute Gasteiger partial charge is 0.384 e. The number of nitrogen functional groups attached to an aromatic ring is 1. The zero-order valence-electron chi connectivity index (χ0n) is 11.5. The standard InChI is InChI=1S/C13H19F3N4/c1-7-3-4-9(8(2)5-7)18-11-6-10(17)19-12(20-11)13(14,15)16/h6-9H,3-5H2,1-2H3,(H3,17,18,19,20). The van der Waals surface area contributed by atoms with Crippen molar-refractivity contribution in [3.63, 3.8) is 0 Å². The highest BCUT2D eigenvalue weighted by Crippen LogP contribution is 2.32. The third-order valence-electron chi connectivity index (χ3n) is 3.76. The van der Waals surface area contributed by atoms with Crippen LogP contribution in [0.1, 0.15) is 38.9 Å². The second kappa shape index (κ2) is 5.46. The summed E-state index contributed by atoms with van der Waals surface area (Å²) < 4.78 is 37.9. The Kier molecular flexibility index (Phi) is 4.06. The molecule has 3 N–H and O–H groups in total. The van der Waals surface area contributed by atoms with Crippen LogP contribution >= 0.6 is 0 Å². The maximum Gasteiger partial charge on any atom is 0.451 e. The molecule has 3 atom stereocenters. The third-order valence-corrected chi connectivity index (χ3v) is 3.76. The van der Waals surface area contributed by atoms with Crippen molar-refractivity contribution < 1.29 is 13.2 Å². The quantitative estimate of drug-likeness (QED) is 0.876. The van der Waals surface area contributed by atoms with Crippen LogP contribution in [0, 0.1) is 11.8 Å². The van der Waals surface area contributed by atoms with Crippen LogP contribution in [-0.4, -0.2) is 16.0 Å². The number of nitrogens with zero attached hydrogens (tertiary/aromatic N) is 2. The molecule has 1 aromatic rings. The van der Waals surface area contributed by atoms with E-state index in [0.717, 1.165) is 19.3 Å². The van der Waals surface area contributed by atoms with Crippen molar-refractivity contribution in [2.45, 2.75) is 45.3 Å². The zero-order valence-corrected chi connectivity index (χ0v) is 11.5. The molecule has 112 valence electrons. The molecule has 0 radical (unpaired) electrons. The summed E-state index contributed by atoms with van der Waals surface area (Å²) in [6.45, 7) is 4.29. The molecular formula is C13H19F3N4. The molecule has 1 aliphatic carbocycles. The van der Waals surface area contributed by atoms with E-state index < -0.39 is 12.0 Å². The van der Waals surface area contributed by atoms with Crippen molar-refractivity contribution in [3.05, 3.63) is 11.9 Å². The molecule has 0 saturated heterocycles. The van der Waals surface area contributed by atoms with E-state index in [0.29, 0.717) is 11.8 Å². The minimum atomic E-state index is -4.58. The second-order valence-corrected chi connectivity index (χ2v) is 5.65. The molecule has 0 amide bonds. The number of halogens is 3. The lowest BCUT2D eigenvalue weighted by Gasteiger charge is -2.33. The summed E-state index contributed by atoms with van der Waals surface area (Å²) in [4.78, 5) is 6.76. The summed E-state index contributed by atoms with van der Waals surface area (Å²) in [7, 11) is 0. The van der Waals surface area contributed by atoms with Gasteiger partial charge in [0.2, 0.25) is 5.82 Å². The van der Waals surface area contributed by atoms with Crippen molar-refractivity contribution in [1.82, 2.24) is 9.97 Å². The monoisotopic (exact) mass is 288 g/mol. The minimum Gasteiger partial charge on any atom is -0.384 e. The molecule has 1 aromatic heterocycles. The average Bonchev–Trinajstić information content (AvgIpc) is 2.31. The predicted octanol–water partition coefficient (Wildman–Crippen LogP) is 3.31. The number of hydrogen-bond donors (Lipinski definition) is 2. The molecule has 20 heavy (non-hydrogen) atoms. The van der Waals surface area contributed by atoms with Crippen molar-refractivity contribution >= 4 is 11.6 Å². The summed E-state index contributed by atoms with van der Waals surface area (Å²) >= 11 is 0. The van der Waals surface area contributed by atoms with Crippen LogP contribution < -0.4 is 11.1 Å². The zero-order chi connectivity index (χ0) is 14.9. The SMILES string of the molecule is CC1CCC(Nc2cc(N)nc(C(F)(F)F)n2)C(C)C1. The number of aromatic nitrogens is 2. The lowest BCUT2D eigenvalue weighted by Crippen LogP contribution is -2.33. The molecule has 7 heteroatoms. The molecule has 3 unspecified atom stereocenters. The first-order chi connectivity index (χ1) is 9.25. The van der Waals surface area contributed by atoms with Crippen molar-refractivity contribution in [2.24, 2.45) is 11.8 Å². The second-order valence-electron chi connectivity index (χ2n) is 5.65. The van der Waals surface area contributed by atoms with Crippen LogP contribution in [0.3, 0.4) is 0 Å². The van der Waals surface area contributed by atoms with Crippen LogP contribution in [-0.2, 0) is 6.18 Å². The number of alkyl halides is 3. The minimum absolute atomic E-state index is 0.126. The highest BCUT2D eigenvalue weighted by Gasteiger charge is 2.35. The number of nitrogens with two attached hydrogens (primary N) is 1. The van der Waals surface area contributed by atoms with Gasteiger partial charge in [0.1, 0.15) is 11.6 Å².